The summed E-state index contributed by atoms with van der Waals surface area (Å²) in [5.41, 5.74) is 5.75. The van der Waals surface area contributed by atoms with Gasteiger partial charge in [0.25, 0.3) is 5.91 Å². The molecular weight excluding hydrogens is 439 g/mol. The molecule has 5 heteroatoms. The first-order chi connectivity index (χ1) is 16.9. The van der Waals surface area contributed by atoms with Crippen molar-refractivity contribution in [1.29, 1.82) is 0 Å². The highest BCUT2D eigenvalue weighted by Crippen LogP contribution is 2.46. The molecule has 2 aliphatic rings. The number of hydrogen-bond acceptors (Lipinski definition) is 3. The molecule has 2 N–H and O–H groups in total. The van der Waals surface area contributed by atoms with Gasteiger partial charge in [0, 0.05) is 34.9 Å². The molecule has 0 aromatic heterocycles. The number of Topliss-reactive ketones (excluding diaryl/α,β-unsaturated/α-hetero) is 1. The molecule has 1 amide bonds. The van der Waals surface area contributed by atoms with Gasteiger partial charge in [-0.05, 0) is 55.0 Å². The number of nitrogens with one attached hydrogen (secondary N) is 2. The minimum atomic E-state index is -0.525. The number of anilines is 1. The molecule has 3 aromatic carbocycles. The number of halogens is 1. The third-order valence-electron chi connectivity index (χ3n) is 6.96. The summed E-state index contributed by atoms with van der Waals surface area (Å²) in [4.78, 5) is 27.3. The number of carbonyl (C=O) groups is 2. The fourth-order valence-electron chi connectivity index (χ4n) is 5.27. The molecule has 0 saturated carbocycles. The van der Waals surface area contributed by atoms with Gasteiger partial charge in [0.05, 0.1) is 5.69 Å². The van der Waals surface area contributed by atoms with Crippen molar-refractivity contribution in [3.8, 4) is 0 Å². The lowest BCUT2D eigenvalue weighted by Crippen LogP contribution is -2.37. The highest BCUT2D eigenvalue weighted by atomic mass is 19.1. The summed E-state index contributed by atoms with van der Waals surface area (Å²) >= 11 is 0. The first-order valence-corrected chi connectivity index (χ1v) is 11.8. The Hall–Kier alpha value is -3.99. The van der Waals surface area contributed by atoms with Crippen LogP contribution in [0.15, 0.2) is 101 Å². The fraction of sp³-hybridized carbons (Fsp3) is 0.200. The highest BCUT2D eigenvalue weighted by molar-refractivity contribution is 6.10. The average molecular weight is 467 g/mol. The van der Waals surface area contributed by atoms with Gasteiger partial charge in [0.2, 0.25) is 0 Å². The Morgan fingerprint density at radius 1 is 0.914 bits per heavy atom. The van der Waals surface area contributed by atoms with Crippen LogP contribution in [-0.2, 0) is 9.59 Å². The maximum atomic E-state index is 14.3. The zero-order chi connectivity index (χ0) is 24.5. The van der Waals surface area contributed by atoms with E-state index in [-0.39, 0.29) is 17.4 Å². The minimum Gasteiger partial charge on any atom is -0.362 e. The summed E-state index contributed by atoms with van der Waals surface area (Å²) in [6.45, 7) is 3.83. The Morgan fingerprint density at radius 2 is 1.60 bits per heavy atom. The Morgan fingerprint density at radius 3 is 2.34 bits per heavy atom. The third kappa shape index (κ3) is 4.30. The zero-order valence-corrected chi connectivity index (χ0v) is 19.8. The molecule has 4 nitrogen and oxygen atoms in total. The van der Waals surface area contributed by atoms with Gasteiger partial charge in [-0.3, -0.25) is 9.59 Å². The van der Waals surface area contributed by atoms with Crippen molar-refractivity contribution in [3.63, 3.8) is 0 Å². The predicted octanol–water partition coefficient (Wildman–Crippen LogP) is 6.13. The van der Waals surface area contributed by atoms with Crippen LogP contribution in [0.1, 0.15) is 48.3 Å². The van der Waals surface area contributed by atoms with Crippen LogP contribution in [-0.4, -0.2) is 11.7 Å². The molecule has 0 fully saturated rings. The standard InChI is InChI=1S/C30H27FN2O2/c1-18-10-6-7-13-22(18)28-27(30(35)33-24-15-9-8-14-23(24)31)19(2)32-25-16-21(17-26(34)29(25)28)20-11-4-3-5-12-20/h3-15,21,28,32H,16-17H2,1-2H3,(H,33,35). The summed E-state index contributed by atoms with van der Waals surface area (Å²) < 4.78 is 14.3. The van der Waals surface area contributed by atoms with Crippen LogP contribution < -0.4 is 10.6 Å². The number of aryl methyl sites for hydroxylation is 1. The van der Waals surface area contributed by atoms with Gasteiger partial charge < -0.3 is 10.6 Å². The van der Waals surface area contributed by atoms with Crippen molar-refractivity contribution in [3.05, 3.63) is 124 Å². The Balaban J connectivity index is 1.59. The molecule has 0 bridgehead atoms. The monoisotopic (exact) mass is 466 g/mol. The maximum absolute atomic E-state index is 14.3. The molecule has 5 rings (SSSR count). The number of carbonyl (C=O) groups excluding carboxylic acids is 2. The smallest absolute Gasteiger partial charge is 0.254 e. The van der Waals surface area contributed by atoms with E-state index in [0.717, 1.165) is 22.4 Å². The van der Waals surface area contributed by atoms with Crippen molar-refractivity contribution in [2.45, 2.75) is 38.5 Å². The summed E-state index contributed by atoms with van der Waals surface area (Å²) in [5.74, 6) is -1.34. The van der Waals surface area contributed by atoms with Crippen LogP contribution in [0.5, 0.6) is 0 Å². The lowest BCUT2D eigenvalue weighted by atomic mass is 9.71. The number of dihydropyridines is 1. The molecule has 2 unspecified atom stereocenters. The van der Waals surface area contributed by atoms with E-state index in [1.165, 1.54) is 12.1 Å². The summed E-state index contributed by atoms with van der Waals surface area (Å²) in [6.07, 6.45) is 1.07. The highest BCUT2D eigenvalue weighted by Gasteiger charge is 2.41. The van der Waals surface area contributed by atoms with Gasteiger partial charge in [-0.2, -0.15) is 0 Å². The van der Waals surface area contributed by atoms with Crippen LogP contribution in [0.4, 0.5) is 10.1 Å². The Labute approximate surface area is 204 Å². The van der Waals surface area contributed by atoms with Crippen LogP contribution in [0.3, 0.4) is 0 Å². The van der Waals surface area contributed by atoms with E-state index in [4.69, 9.17) is 0 Å². The van der Waals surface area contributed by atoms with Gasteiger partial charge in [-0.25, -0.2) is 4.39 Å². The fourth-order valence-corrected chi connectivity index (χ4v) is 5.27. The molecule has 1 heterocycles. The second-order valence-electron chi connectivity index (χ2n) is 9.22. The number of benzene rings is 3. The second-order valence-corrected chi connectivity index (χ2v) is 9.22. The molecule has 2 atom stereocenters. The van der Waals surface area contributed by atoms with E-state index >= 15 is 0 Å². The molecule has 3 aromatic rings. The lowest BCUT2D eigenvalue weighted by Gasteiger charge is -2.37. The summed E-state index contributed by atoms with van der Waals surface area (Å²) in [6, 6.07) is 24.0. The first kappa shape index (κ1) is 22.8. The van der Waals surface area contributed by atoms with Crippen LogP contribution >= 0.6 is 0 Å². The van der Waals surface area contributed by atoms with Crippen molar-refractivity contribution in [2.24, 2.45) is 0 Å². The predicted molar refractivity (Wildman–Crippen MR) is 135 cm³/mol. The van der Waals surface area contributed by atoms with Crippen LogP contribution in [0.2, 0.25) is 0 Å². The molecule has 0 spiro atoms. The van der Waals surface area contributed by atoms with Crippen LogP contribution in [0, 0.1) is 12.7 Å². The van der Waals surface area contributed by atoms with E-state index < -0.39 is 17.6 Å². The van der Waals surface area contributed by atoms with Gasteiger partial charge in [0.1, 0.15) is 5.82 Å². The van der Waals surface area contributed by atoms with Gasteiger partial charge in [-0.1, -0.05) is 66.7 Å². The second kappa shape index (κ2) is 9.34. The molecule has 1 aliphatic carbocycles. The zero-order valence-electron chi connectivity index (χ0n) is 19.8. The van der Waals surface area contributed by atoms with Gasteiger partial charge in [0.15, 0.2) is 5.78 Å². The summed E-state index contributed by atoms with van der Waals surface area (Å²) in [7, 11) is 0. The van der Waals surface area contributed by atoms with Crippen molar-refractivity contribution < 1.29 is 14.0 Å². The Bertz CT molecular complexity index is 1370. The van der Waals surface area contributed by atoms with Crippen molar-refractivity contribution in [1.82, 2.24) is 5.32 Å². The summed E-state index contributed by atoms with van der Waals surface area (Å²) in [5, 5.41) is 6.11. The number of para-hydroxylation sites is 1. The molecule has 35 heavy (non-hydrogen) atoms. The number of allylic oxidation sites excluding steroid dienone is 3. The van der Waals surface area contributed by atoms with E-state index in [1.807, 2.05) is 56.3 Å². The van der Waals surface area contributed by atoms with E-state index in [0.29, 0.717) is 29.7 Å². The average Bonchev–Trinajstić information content (AvgIpc) is 2.85. The molecule has 0 saturated heterocycles. The van der Waals surface area contributed by atoms with Gasteiger partial charge >= 0.3 is 0 Å². The number of ketones is 1. The van der Waals surface area contributed by atoms with Crippen molar-refractivity contribution >= 4 is 17.4 Å². The SMILES string of the molecule is CC1=C(C(=O)Nc2ccccc2F)C(c2ccccc2C)C2=C(CC(c3ccccc3)CC2=O)N1. The number of amides is 1. The minimum absolute atomic E-state index is 0.0320. The lowest BCUT2D eigenvalue weighted by molar-refractivity contribution is -0.116. The molecule has 176 valence electrons. The molecular formula is C30H27FN2O2. The van der Waals surface area contributed by atoms with E-state index in [1.54, 1.807) is 12.1 Å². The number of hydrogen-bond donors (Lipinski definition) is 2. The van der Waals surface area contributed by atoms with Crippen molar-refractivity contribution in [2.75, 3.05) is 5.32 Å². The van der Waals surface area contributed by atoms with E-state index in [9.17, 15) is 14.0 Å². The topological polar surface area (TPSA) is 58.2 Å². The largest absolute Gasteiger partial charge is 0.362 e. The number of rotatable bonds is 4. The quantitative estimate of drug-likeness (QED) is 0.486. The Kier molecular flexibility index (Phi) is 6.08. The normalized spacial score (nSPS) is 19.8. The third-order valence-corrected chi connectivity index (χ3v) is 6.96. The molecule has 1 aliphatic heterocycles. The first-order valence-electron chi connectivity index (χ1n) is 11.8. The van der Waals surface area contributed by atoms with E-state index in [2.05, 4.69) is 22.8 Å². The maximum Gasteiger partial charge on any atom is 0.254 e. The molecule has 0 radical (unpaired) electrons. The van der Waals surface area contributed by atoms with Crippen LogP contribution in [0.25, 0.3) is 0 Å². The van der Waals surface area contributed by atoms with Gasteiger partial charge in [-0.15, -0.1) is 0 Å².